The minimum absolute atomic E-state index is 0.0562. The summed E-state index contributed by atoms with van der Waals surface area (Å²) >= 11 is 0. The van der Waals surface area contributed by atoms with Crippen LogP contribution in [-0.2, 0) is 0 Å². The number of fused-ring (bicyclic) bond motifs is 2. The molecule has 11 aromatic carbocycles. The van der Waals surface area contributed by atoms with Crippen molar-refractivity contribution in [2.75, 3.05) is 38.4 Å². The first-order chi connectivity index (χ1) is 46.4. The van der Waals surface area contributed by atoms with Gasteiger partial charge in [0, 0.05) is 95.5 Å². The fourth-order valence-electron chi connectivity index (χ4n) is 15.2. The number of carbonyl (C=O) groups is 5. The molecule has 3 heterocycles. The molecule has 0 radical (unpaired) electrons. The van der Waals surface area contributed by atoms with Crippen LogP contribution in [0.15, 0.2) is 158 Å². The monoisotopic (exact) mass is 1270 g/mol. The first-order valence-electron chi connectivity index (χ1n) is 34.0. The number of para-hydroxylation sites is 2. The van der Waals surface area contributed by atoms with Gasteiger partial charge in [0.2, 0.25) is 0 Å². The van der Waals surface area contributed by atoms with Gasteiger partial charge in [0.05, 0.1) is 22.5 Å². The molecular weight excluding hydrogens is 1190 g/mol. The normalized spacial score (nSPS) is 14.6. The lowest BCUT2D eigenvalue weighted by Gasteiger charge is -2.35. The van der Waals surface area contributed by atoms with Crippen molar-refractivity contribution in [2.45, 2.75) is 131 Å². The molecule has 1 unspecified atom stereocenters. The third-order valence-electron chi connectivity index (χ3n) is 19.9. The van der Waals surface area contributed by atoms with Crippen LogP contribution in [0.4, 0.5) is 28.4 Å². The van der Waals surface area contributed by atoms with E-state index in [9.17, 15) is 5.11 Å². The van der Waals surface area contributed by atoms with Crippen molar-refractivity contribution < 1.29 is 38.6 Å². The van der Waals surface area contributed by atoms with Crippen LogP contribution in [-0.4, -0.2) is 47.7 Å². The number of hydrogen-bond donors (Lipinski definition) is 2. The van der Waals surface area contributed by atoms with Gasteiger partial charge in [-0.3, -0.25) is 28.9 Å². The highest BCUT2D eigenvalue weighted by molar-refractivity contribution is 6.47. The molecule has 484 valence electrons. The zero-order chi connectivity index (χ0) is 67.1. The molecule has 13 heteroatoms. The number of nitrogens with two attached hydrogens (primary N) is 1. The number of imide groups is 2. The van der Waals surface area contributed by atoms with Gasteiger partial charge in [-0.1, -0.05) is 173 Å². The number of nitrogen functional groups attached to an aromatic ring is 1. The smallest absolute Gasteiger partial charge is 0.266 e. The topological polar surface area (TPSA) is 163 Å². The Morgan fingerprint density at radius 1 is 0.479 bits per heavy atom. The summed E-state index contributed by atoms with van der Waals surface area (Å²) in [6, 6.07) is 46.0. The van der Waals surface area contributed by atoms with Gasteiger partial charge in [0.15, 0.2) is 6.23 Å². The van der Waals surface area contributed by atoms with Crippen LogP contribution in [0.2, 0.25) is 0 Å². The standard InChI is InChI=1S/C83H79N5O8/c1-10-13-15-17-42-85(43-18-16-14-11-2)66-41-40-61-69-57(66)26-21-27-60(69)78(89)86(79(61)90)51-30-34-53(35-31-51)96-68-45-65-71-63(81(92)88(83(65)94)77-55(47(6)7)24-20-25-56(77)48(8)9)39-37-59-72-67(95-52-32-28-50(84)29-33-52)44-64-70-62(38-36-58(74(70)72)73(68)75(59)71)80(91)87(82(64)93)76-49(12-3)22-19-23-54(76)46(4)5/h12,19-41,44-48,79,90H,3,10-11,13-18,42-43,84H2,1-2,4-9H3. The average Bonchev–Trinajstić information content (AvgIpc) is 0.681. The van der Waals surface area contributed by atoms with Gasteiger partial charge in [-0.25, -0.2) is 9.80 Å². The molecule has 11 aromatic rings. The maximum Gasteiger partial charge on any atom is 0.266 e. The highest BCUT2D eigenvalue weighted by Gasteiger charge is 2.43. The second kappa shape index (κ2) is 25.1. The predicted molar refractivity (Wildman–Crippen MR) is 389 cm³/mol. The number of aliphatic hydroxyl groups is 1. The summed E-state index contributed by atoms with van der Waals surface area (Å²) < 4.78 is 14.2. The molecule has 1 atom stereocenters. The van der Waals surface area contributed by atoms with Crippen LogP contribution < -0.4 is 34.8 Å². The summed E-state index contributed by atoms with van der Waals surface area (Å²) in [5, 5.41) is 18.2. The van der Waals surface area contributed by atoms with Gasteiger partial charge in [-0.15, -0.1) is 0 Å². The van der Waals surface area contributed by atoms with E-state index in [-0.39, 0.29) is 51.9 Å². The summed E-state index contributed by atoms with van der Waals surface area (Å²) in [6.07, 6.45) is 9.43. The Balaban J connectivity index is 0.952. The molecule has 0 saturated heterocycles. The zero-order valence-electron chi connectivity index (χ0n) is 55.8. The number of unbranched alkanes of at least 4 members (excludes halogenated alkanes) is 6. The molecule has 0 spiro atoms. The number of benzene rings is 11. The van der Waals surface area contributed by atoms with E-state index in [1.54, 1.807) is 78.9 Å². The van der Waals surface area contributed by atoms with E-state index in [1.165, 1.54) is 27.5 Å². The largest absolute Gasteiger partial charge is 0.457 e. The van der Waals surface area contributed by atoms with E-state index >= 15 is 24.0 Å². The predicted octanol–water partition coefficient (Wildman–Crippen LogP) is 20.3. The second-order valence-corrected chi connectivity index (χ2v) is 26.9. The molecular formula is C83H79N5O8. The quantitative estimate of drug-likeness (QED) is 0.0219. The van der Waals surface area contributed by atoms with Crippen molar-refractivity contribution in [3.8, 4) is 23.0 Å². The molecule has 0 fully saturated rings. The van der Waals surface area contributed by atoms with Crippen LogP contribution in [0.5, 0.6) is 23.0 Å². The molecule has 0 aliphatic carbocycles. The van der Waals surface area contributed by atoms with Crippen LogP contribution in [0.1, 0.15) is 210 Å². The van der Waals surface area contributed by atoms with Crippen LogP contribution in [0.25, 0.3) is 59.9 Å². The zero-order valence-corrected chi connectivity index (χ0v) is 55.8. The van der Waals surface area contributed by atoms with E-state index in [1.807, 2.05) is 80.6 Å². The molecule has 0 bridgehead atoms. The Hall–Kier alpha value is -10.4. The molecule has 0 aromatic heterocycles. The van der Waals surface area contributed by atoms with Crippen molar-refractivity contribution >= 4 is 118 Å². The SMILES string of the molecule is C=Cc1cccc(C(C)C)c1N1C(=O)c2ccc3c4c(Oc5ccc(N6C(=O)c7cccc8c(N(CCCCCC)CCCCCC)ccc(c78)C6O)cc5)cc5c6c(ccc(c7c(Oc8ccc(N)cc8)cc(c2c37)C1=O)c64)C(=O)N(c1c(C(C)C)cccc1C(C)C)C5=O. The first kappa shape index (κ1) is 63.0. The van der Waals surface area contributed by atoms with Crippen molar-refractivity contribution in [3.05, 3.63) is 214 Å². The van der Waals surface area contributed by atoms with Gasteiger partial charge in [0.1, 0.15) is 23.0 Å². The van der Waals surface area contributed by atoms with Gasteiger partial charge >= 0.3 is 0 Å². The molecule has 3 aliphatic rings. The average molecular weight is 1270 g/mol. The van der Waals surface area contributed by atoms with Crippen LogP contribution in [0.3, 0.4) is 0 Å². The summed E-state index contributed by atoms with van der Waals surface area (Å²) in [4.78, 5) is 84.5. The summed E-state index contributed by atoms with van der Waals surface area (Å²) in [6.45, 7) is 22.6. The Morgan fingerprint density at radius 2 is 0.948 bits per heavy atom. The summed E-state index contributed by atoms with van der Waals surface area (Å²) in [5.74, 6) is -1.36. The van der Waals surface area contributed by atoms with E-state index < -0.39 is 29.9 Å². The number of carbonyl (C=O) groups excluding carboxylic acids is 5. The maximum atomic E-state index is 16.0. The summed E-state index contributed by atoms with van der Waals surface area (Å²) in [5.41, 5.74) is 14.5. The molecule has 0 saturated carbocycles. The number of ether oxygens (including phenoxy) is 2. The highest BCUT2D eigenvalue weighted by atomic mass is 16.5. The minimum atomic E-state index is -1.31. The van der Waals surface area contributed by atoms with E-state index in [2.05, 4.69) is 65.2 Å². The van der Waals surface area contributed by atoms with Crippen molar-refractivity contribution in [3.63, 3.8) is 0 Å². The number of rotatable bonds is 22. The third kappa shape index (κ3) is 10.2. The van der Waals surface area contributed by atoms with Crippen LogP contribution >= 0.6 is 0 Å². The Labute approximate surface area is 559 Å². The maximum absolute atomic E-state index is 16.0. The van der Waals surface area contributed by atoms with Gasteiger partial charge in [0.25, 0.3) is 29.5 Å². The first-order valence-corrected chi connectivity index (χ1v) is 34.0. The lowest BCUT2D eigenvalue weighted by Crippen LogP contribution is -2.42. The van der Waals surface area contributed by atoms with E-state index in [0.717, 1.165) is 84.8 Å². The van der Waals surface area contributed by atoms with Gasteiger partial charge < -0.3 is 25.2 Å². The van der Waals surface area contributed by atoms with Gasteiger partial charge in [-0.05, 0) is 149 Å². The molecule has 3 aliphatic heterocycles. The Kier molecular flexibility index (Phi) is 16.5. The highest BCUT2D eigenvalue weighted by Crippen LogP contribution is 2.55. The molecule has 13 nitrogen and oxygen atoms in total. The van der Waals surface area contributed by atoms with Crippen molar-refractivity contribution in [1.82, 2.24) is 0 Å². The van der Waals surface area contributed by atoms with E-state index in [4.69, 9.17) is 15.2 Å². The van der Waals surface area contributed by atoms with Crippen molar-refractivity contribution in [1.29, 1.82) is 0 Å². The number of amides is 5. The molecule has 3 N–H and O–H groups in total. The van der Waals surface area contributed by atoms with E-state index in [0.29, 0.717) is 99.6 Å². The summed E-state index contributed by atoms with van der Waals surface area (Å²) in [7, 11) is 0. The van der Waals surface area contributed by atoms with Crippen LogP contribution in [0, 0.1) is 0 Å². The molecule has 96 heavy (non-hydrogen) atoms. The Morgan fingerprint density at radius 3 is 1.46 bits per heavy atom. The lowest BCUT2D eigenvalue weighted by atomic mass is 9.81. The van der Waals surface area contributed by atoms with Crippen molar-refractivity contribution in [2.24, 2.45) is 0 Å². The minimum Gasteiger partial charge on any atom is -0.457 e. The third-order valence-corrected chi connectivity index (χ3v) is 19.9. The number of anilines is 5. The Bertz CT molecular complexity index is 4990. The lowest BCUT2D eigenvalue weighted by molar-refractivity contribution is 0.0871. The fraction of sp³-hybridized carbons (Fsp3) is 0.265. The number of aliphatic hydroxyl groups excluding tert-OH is 1. The number of hydrogen-bond acceptors (Lipinski definition) is 10. The fourth-order valence-corrected chi connectivity index (χ4v) is 15.2. The number of nitrogens with zero attached hydrogens (tertiary/aromatic N) is 4. The molecule has 5 amide bonds. The van der Waals surface area contributed by atoms with Gasteiger partial charge in [-0.2, -0.15) is 0 Å². The molecule has 14 rings (SSSR count). The second-order valence-electron chi connectivity index (χ2n) is 26.9.